The number of anilines is 1. The first-order chi connectivity index (χ1) is 14.6. The Balaban J connectivity index is 1.65. The normalized spacial score (nSPS) is 18.8. The number of aliphatic imine (C=N–C) groups is 2. The van der Waals surface area contributed by atoms with Crippen molar-refractivity contribution in [3.8, 4) is 5.75 Å². The Bertz CT molecular complexity index is 1070. The molecule has 2 aromatic carbocycles. The van der Waals surface area contributed by atoms with Crippen molar-refractivity contribution < 1.29 is 14.3 Å². The first-order valence-corrected chi connectivity index (χ1v) is 9.46. The predicted octanol–water partition coefficient (Wildman–Crippen LogP) is 4.44. The lowest BCUT2D eigenvalue weighted by Gasteiger charge is -2.31. The zero-order chi connectivity index (χ0) is 20.9. The van der Waals surface area contributed by atoms with E-state index in [1.165, 1.54) is 4.90 Å². The molecule has 1 heterocycles. The van der Waals surface area contributed by atoms with E-state index >= 15 is 0 Å². The number of nitrogens with one attached hydrogen (secondary N) is 1. The lowest BCUT2D eigenvalue weighted by molar-refractivity contribution is 0.226. The predicted molar refractivity (Wildman–Crippen MR) is 116 cm³/mol. The van der Waals surface area contributed by atoms with Gasteiger partial charge in [-0.1, -0.05) is 48.6 Å². The van der Waals surface area contributed by atoms with Crippen molar-refractivity contribution in [2.75, 3.05) is 12.4 Å². The summed E-state index contributed by atoms with van der Waals surface area (Å²) in [6, 6.07) is 15.4. The third-order valence-electron chi connectivity index (χ3n) is 4.75. The minimum Gasteiger partial charge on any atom is -0.497 e. The van der Waals surface area contributed by atoms with Crippen molar-refractivity contribution in [2.24, 2.45) is 15.9 Å². The number of rotatable bonds is 4. The summed E-state index contributed by atoms with van der Waals surface area (Å²) in [6.07, 6.45) is 7.30. The van der Waals surface area contributed by atoms with Gasteiger partial charge in [0.25, 0.3) is 0 Å². The molecule has 0 saturated carbocycles. The van der Waals surface area contributed by atoms with Crippen LogP contribution in [0.25, 0.3) is 0 Å². The molecule has 7 nitrogen and oxygen atoms in total. The Morgan fingerprint density at radius 1 is 1.13 bits per heavy atom. The summed E-state index contributed by atoms with van der Waals surface area (Å²) in [4.78, 5) is 35.3. The second-order valence-corrected chi connectivity index (χ2v) is 6.74. The number of ether oxygens (including phenoxy) is 1. The zero-order valence-corrected chi connectivity index (χ0v) is 16.4. The van der Waals surface area contributed by atoms with E-state index in [-0.39, 0.29) is 12.5 Å². The first-order valence-electron chi connectivity index (χ1n) is 9.46. The number of benzene rings is 2. The van der Waals surface area contributed by atoms with Crippen molar-refractivity contribution in [3.05, 3.63) is 84.5 Å². The maximum Gasteiger partial charge on any atom is 0.349 e. The average Bonchev–Trinajstić information content (AvgIpc) is 2.77. The van der Waals surface area contributed by atoms with Crippen LogP contribution < -0.4 is 10.1 Å². The van der Waals surface area contributed by atoms with E-state index in [0.29, 0.717) is 17.2 Å². The number of urea groups is 2. The quantitative estimate of drug-likeness (QED) is 0.823. The number of amides is 4. The van der Waals surface area contributed by atoms with Gasteiger partial charge in [0.2, 0.25) is 0 Å². The SMILES string of the molecule is COc1ccc(CN2C(=O)N=C3C=CC=CC3/C2=N/C(=O)Nc2ccccc2)cc1. The van der Waals surface area contributed by atoms with E-state index in [0.717, 1.165) is 11.3 Å². The Morgan fingerprint density at radius 3 is 2.63 bits per heavy atom. The molecule has 0 aromatic heterocycles. The molecule has 1 aliphatic carbocycles. The molecule has 1 aliphatic heterocycles. The minimum atomic E-state index is -0.548. The molecule has 0 radical (unpaired) electrons. The summed E-state index contributed by atoms with van der Waals surface area (Å²) < 4.78 is 5.19. The van der Waals surface area contributed by atoms with Crippen LogP contribution in [-0.2, 0) is 6.54 Å². The van der Waals surface area contributed by atoms with Gasteiger partial charge in [0.15, 0.2) is 0 Å². The molecule has 7 heteroatoms. The molecule has 0 saturated heterocycles. The standard InChI is InChI=1S/C23H20N4O3/c1-30-18-13-11-16(12-14-18)15-27-21(19-9-5-6-10-20(19)25-23(27)29)26-22(28)24-17-7-3-2-4-8-17/h2-14,19H,15H2,1H3,(H,24,28)/b26-21-. The highest BCUT2D eigenvalue weighted by molar-refractivity contribution is 6.24. The molecule has 1 unspecified atom stereocenters. The summed E-state index contributed by atoms with van der Waals surface area (Å²) in [7, 11) is 1.60. The van der Waals surface area contributed by atoms with Crippen LogP contribution in [0.3, 0.4) is 0 Å². The van der Waals surface area contributed by atoms with Gasteiger partial charge in [-0.25, -0.2) is 9.59 Å². The van der Waals surface area contributed by atoms with E-state index < -0.39 is 12.1 Å². The number of allylic oxidation sites excluding steroid dienone is 3. The number of fused-ring (bicyclic) bond motifs is 1. The highest BCUT2D eigenvalue weighted by atomic mass is 16.5. The second-order valence-electron chi connectivity index (χ2n) is 6.74. The molecule has 0 spiro atoms. The molecule has 4 amide bonds. The Morgan fingerprint density at radius 2 is 1.90 bits per heavy atom. The van der Waals surface area contributed by atoms with Gasteiger partial charge in [-0.05, 0) is 35.9 Å². The maximum atomic E-state index is 12.8. The van der Waals surface area contributed by atoms with Crippen LogP contribution in [0, 0.1) is 5.92 Å². The van der Waals surface area contributed by atoms with Gasteiger partial charge in [0, 0.05) is 5.69 Å². The highest BCUT2D eigenvalue weighted by Gasteiger charge is 2.34. The molecule has 0 bridgehead atoms. The molecule has 0 fully saturated rings. The summed E-state index contributed by atoms with van der Waals surface area (Å²) in [5, 5.41) is 2.74. The number of carbonyl (C=O) groups is 2. The van der Waals surface area contributed by atoms with E-state index in [2.05, 4.69) is 15.3 Å². The van der Waals surface area contributed by atoms with Gasteiger partial charge >= 0.3 is 12.1 Å². The fourth-order valence-corrected chi connectivity index (χ4v) is 3.26. The smallest absolute Gasteiger partial charge is 0.349 e. The molecule has 2 aliphatic rings. The van der Waals surface area contributed by atoms with Gasteiger partial charge in [0.1, 0.15) is 11.6 Å². The lowest BCUT2D eigenvalue weighted by atomic mass is 9.94. The molecular weight excluding hydrogens is 380 g/mol. The van der Waals surface area contributed by atoms with E-state index in [4.69, 9.17) is 4.74 Å². The summed E-state index contributed by atoms with van der Waals surface area (Å²) >= 11 is 0. The van der Waals surface area contributed by atoms with E-state index in [9.17, 15) is 9.59 Å². The Labute approximate surface area is 174 Å². The van der Waals surface area contributed by atoms with Crippen LogP contribution in [0.4, 0.5) is 15.3 Å². The van der Waals surface area contributed by atoms with E-state index in [1.54, 1.807) is 25.3 Å². The zero-order valence-electron chi connectivity index (χ0n) is 16.4. The lowest BCUT2D eigenvalue weighted by Crippen LogP contribution is -2.46. The van der Waals surface area contributed by atoms with Gasteiger partial charge < -0.3 is 10.1 Å². The number of para-hydroxylation sites is 1. The van der Waals surface area contributed by atoms with Crippen molar-refractivity contribution in [1.29, 1.82) is 0 Å². The third-order valence-corrected chi connectivity index (χ3v) is 4.75. The van der Waals surface area contributed by atoms with Crippen LogP contribution in [0.5, 0.6) is 5.75 Å². The molecule has 2 aromatic rings. The van der Waals surface area contributed by atoms with Crippen molar-refractivity contribution in [1.82, 2.24) is 4.90 Å². The van der Waals surface area contributed by atoms with Gasteiger partial charge in [-0.15, -0.1) is 0 Å². The van der Waals surface area contributed by atoms with Crippen LogP contribution in [0.2, 0.25) is 0 Å². The summed E-state index contributed by atoms with van der Waals surface area (Å²) in [5.41, 5.74) is 2.07. The molecular formula is C23H20N4O3. The van der Waals surface area contributed by atoms with Crippen LogP contribution in [-0.4, -0.2) is 35.6 Å². The monoisotopic (exact) mass is 400 g/mol. The number of methoxy groups -OCH3 is 1. The number of hydrogen-bond acceptors (Lipinski definition) is 3. The number of hydrogen-bond donors (Lipinski definition) is 1. The largest absolute Gasteiger partial charge is 0.497 e. The third kappa shape index (κ3) is 4.20. The van der Waals surface area contributed by atoms with Crippen LogP contribution in [0.15, 0.2) is 88.9 Å². The fourth-order valence-electron chi connectivity index (χ4n) is 3.26. The van der Waals surface area contributed by atoms with Crippen molar-refractivity contribution in [3.63, 3.8) is 0 Å². The molecule has 1 atom stereocenters. The minimum absolute atomic E-state index is 0.241. The van der Waals surface area contributed by atoms with Crippen LogP contribution >= 0.6 is 0 Å². The van der Waals surface area contributed by atoms with E-state index in [1.807, 2.05) is 60.7 Å². The molecule has 30 heavy (non-hydrogen) atoms. The van der Waals surface area contributed by atoms with Gasteiger partial charge in [0.05, 0.1) is 25.3 Å². The van der Waals surface area contributed by atoms with Crippen LogP contribution in [0.1, 0.15) is 5.56 Å². The number of carbonyl (C=O) groups excluding carboxylic acids is 2. The summed E-state index contributed by atoms with van der Waals surface area (Å²) in [5.74, 6) is 0.697. The van der Waals surface area contributed by atoms with Crippen molar-refractivity contribution in [2.45, 2.75) is 6.54 Å². The summed E-state index contributed by atoms with van der Waals surface area (Å²) in [6.45, 7) is 0.241. The van der Waals surface area contributed by atoms with Gasteiger partial charge in [-0.3, -0.25) is 4.90 Å². The maximum absolute atomic E-state index is 12.8. The molecule has 1 N–H and O–H groups in total. The first kappa shape index (κ1) is 19.3. The Hall–Kier alpha value is -4.00. The Kier molecular flexibility index (Phi) is 5.52. The molecule has 4 rings (SSSR count). The highest BCUT2D eigenvalue weighted by Crippen LogP contribution is 2.24. The topological polar surface area (TPSA) is 83.4 Å². The number of nitrogens with zero attached hydrogens (tertiary/aromatic N) is 3. The molecule has 150 valence electrons. The van der Waals surface area contributed by atoms with Gasteiger partial charge in [-0.2, -0.15) is 9.98 Å². The second kappa shape index (κ2) is 8.57. The number of amidine groups is 1. The van der Waals surface area contributed by atoms with Crippen molar-refractivity contribution >= 4 is 29.3 Å². The average molecular weight is 400 g/mol. The fraction of sp³-hybridized carbons (Fsp3) is 0.130.